The van der Waals surface area contributed by atoms with Gasteiger partial charge in [-0.2, -0.15) is 0 Å². The summed E-state index contributed by atoms with van der Waals surface area (Å²) in [5, 5.41) is 3.11. The van der Waals surface area contributed by atoms with Gasteiger partial charge in [-0.25, -0.2) is 8.78 Å². The number of nitrogens with one attached hydrogen (secondary N) is 1. The van der Waals surface area contributed by atoms with Crippen molar-refractivity contribution in [2.45, 2.75) is 44.1 Å². The van der Waals surface area contributed by atoms with E-state index in [1.54, 1.807) is 0 Å². The van der Waals surface area contributed by atoms with Crippen molar-refractivity contribution < 1.29 is 27.8 Å². The Hall–Kier alpha value is -2.38. The molecule has 2 aliphatic rings. The number of fused-ring (bicyclic) bond motifs is 2. The number of benzene rings is 2. The molecular formula is C25H25Cl2F2NO4. The zero-order valence-electron chi connectivity index (χ0n) is 18.4. The molecule has 0 heterocycles. The van der Waals surface area contributed by atoms with E-state index in [2.05, 4.69) is 5.32 Å². The van der Waals surface area contributed by atoms with E-state index in [0.717, 1.165) is 44.2 Å². The molecule has 182 valence electrons. The van der Waals surface area contributed by atoms with E-state index < -0.39 is 11.6 Å². The van der Waals surface area contributed by atoms with Crippen LogP contribution in [0.3, 0.4) is 0 Å². The lowest BCUT2D eigenvalue weighted by molar-refractivity contribution is -0.126. The molecule has 3 unspecified atom stereocenters. The summed E-state index contributed by atoms with van der Waals surface area (Å²) in [7, 11) is 0. The topological polar surface area (TPSA) is 64.6 Å². The van der Waals surface area contributed by atoms with Gasteiger partial charge in [0.2, 0.25) is 0 Å². The van der Waals surface area contributed by atoms with Crippen LogP contribution in [0.1, 0.15) is 38.5 Å². The molecule has 0 aliphatic heterocycles. The smallest absolute Gasteiger partial charge is 0.258 e. The normalized spacial score (nSPS) is 23.4. The van der Waals surface area contributed by atoms with Crippen LogP contribution in [0.2, 0.25) is 10.0 Å². The minimum atomic E-state index is -0.601. The van der Waals surface area contributed by atoms with Gasteiger partial charge in [0.25, 0.3) is 5.91 Å². The highest BCUT2D eigenvalue weighted by Gasteiger charge is 2.47. The molecule has 0 spiro atoms. The number of ether oxygens (including phenoxy) is 2. The monoisotopic (exact) mass is 511 g/mol. The maximum atomic E-state index is 13.5. The molecular weight excluding hydrogens is 487 g/mol. The molecule has 2 aromatic rings. The first-order valence-electron chi connectivity index (χ1n) is 11.2. The Morgan fingerprint density at radius 3 is 2.15 bits per heavy atom. The second-order valence-corrected chi connectivity index (χ2v) is 9.92. The van der Waals surface area contributed by atoms with Crippen LogP contribution in [0.25, 0.3) is 0 Å². The summed E-state index contributed by atoms with van der Waals surface area (Å²) in [6, 6.07) is 8.12. The third kappa shape index (κ3) is 5.99. The molecule has 9 heteroatoms. The lowest BCUT2D eigenvalue weighted by atomic mass is 9.74. The third-order valence-electron chi connectivity index (χ3n) is 6.75. The van der Waals surface area contributed by atoms with E-state index in [4.69, 9.17) is 32.7 Å². The molecule has 2 saturated carbocycles. The second-order valence-electron chi connectivity index (χ2n) is 9.10. The highest BCUT2D eigenvalue weighted by molar-refractivity contribution is 6.31. The maximum Gasteiger partial charge on any atom is 0.258 e. The molecule has 1 amide bonds. The molecule has 5 nitrogen and oxygen atoms in total. The van der Waals surface area contributed by atoms with Crippen molar-refractivity contribution in [1.82, 2.24) is 5.32 Å². The van der Waals surface area contributed by atoms with Gasteiger partial charge in [0.05, 0.1) is 10.0 Å². The van der Waals surface area contributed by atoms with E-state index in [0.29, 0.717) is 12.3 Å². The standard InChI is InChI=1S/C25H25Cl2F2NO4/c26-20-3-1-18(10-22(20)28)33-13-17(31)9-15-5-7-25(8-6-16(15)12-25)30-24(32)14-34-19-2-4-21(27)23(29)11-19/h1-4,10-11,15-16H,5-9,12-14H2,(H,30,32). The number of halogens is 4. The Bertz CT molecular complexity index is 1080. The fraction of sp³-hybridized carbons (Fsp3) is 0.440. The van der Waals surface area contributed by atoms with Crippen molar-refractivity contribution in [3.05, 3.63) is 58.1 Å². The molecule has 4 rings (SSSR count). The maximum absolute atomic E-state index is 13.5. The van der Waals surface area contributed by atoms with Gasteiger partial charge in [0, 0.05) is 24.1 Å². The lowest BCUT2D eigenvalue weighted by Crippen LogP contribution is -2.50. The summed E-state index contributed by atoms with van der Waals surface area (Å²) in [4.78, 5) is 24.9. The molecule has 2 bridgehead atoms. The highest BCUT2D eigenvalue weighted by Crippen LogP contribution is 2.49. The highest BCUT2D eigenvalue weighted by atomic mass is 35.5. The van der Waals surface area contributed by atoms with Gasteiger partial charge in [-0.1, -0.05) is 23.2 Å². The van der Waals surface area contributed by atoms with Gasteiger partial charge in [-0.15, -0.1) is 0 Å². The fourth-order valence-corrected chi connectivity index (χ4v) is 5.30. The SMILES string of the molecule is O=C(COc1ccc(Cl)c(F)c1)CC1CCC2(NC(=O)COc3ccc(Cl)c(F)c3)CCC1C2. The summed E-state index contributed by atoms with van der Waals surface area (Å²) >= 11 is 11.3. The first kappa shape index (κ1) is 24.7. The number of Topliss-reactive ketones (excluding diaryl/α,β-unsaturated/α-hetero) is 1. The van der Waals surface area contributed by atoms with Crippen LogP contribution in [0.4, 0.5) is 8.78 Å². The Morgan fingerprint density at radius 2 is 1.53 bits per heavy atom. The summed E-state index contributed by atoms with van der Waals surface area (Å²) < 4.78 is 37.9. The van der Waals surface area contributed by atoms with Crippen LogP contribution in [-0.4, -0.2) is 30.4 Å². The molecule has 2 fully saturated rings. The van der Waals surface area contributed by atoms with Crippen molar-refractivity contribution in [2.75, 3.05) is 13.2 Å². The zero-order valence-corrected chi connectivity index (χ0v) is 19.9. The fourth-order valence-electron chi connectivity index (χ4n) is 5.07. The van der Waals surface area contributed by atoms with Gasteiger partial charge in [0.1, 0.15) is 29.7 Å². The predicted octanol–water partition coefficient (Wildman–Crippen LogP) is 5.75. The largest absolute Gasteiger partial charge is 0.486 e. The molecule has 0 saturated heterocycles. The molecule has 1 N–H and O–H groups in total. The quantitative estimate of drug-likeness (QED) is 0.465. The number of carbonyl (C=O) groups excluding carboxylic acids is 2. The number of amides is 1. The van der Waals surface area contributed by atoms with Crippen LogP contribution >= 0.6 is 23.2 Å². The van der Waals surface area contributed by atoms with Crippen LogP contribution in [0.5, 0.6) is 11.5 Å². The van der Waals surface area contributed by atoms with Crippen molar-refractivity contribution in [3.8, 4) is 11.5 Å². The number of ketones is 1. The Kier molecular flexibility index (Phi) is 7.63. The number of carbonyl (C=O) groups is 2. The van der Waals surface area contributed by atoms with E-state index in [1.165, 1.54) is 24.3 Å². The summed E-state index contributed by atoms with van der Waals surface area (Å²) in [5.74, 6) is -0.392. The van der Waals surface area contributed by atoms with Gasteiger partial charge in [-0.3, -0.25) is 9.59 Å². The summed E-state index contributed by atoms with van der Waals surface area (Å²) in [5.41, 5.74) is -0.284. The average Bonchev–Trinajstić information content (AvgIpc) is 3.15. The molecule has 3 atom stereocenters. The Balaban J connectivity index is 1.22. The van der Waals surface area contributed by atoms with Crippen LogP contribution in [-0.2, 0) is 9.59 Å². The van der Waals surface area contributed by atoms with Gasteiger partial charge >= 0.3 is 0 Å². The predicted molar refractivity (Wildman–Crippen MR) is 124 cm³/mol. The number of rotatable bonds is 9. The average molecular weight is 512 g/mol. The molecule has 34 heavy (non-hydrogen) atoms. The molecule has 0 radical (unpaired) electrons. The minimum Gasteiger partial charge on any atom is -0.486 e. The van der Waals surface area contributed by atoms with Crippen molar-refractivity contribution in [3.63, 3.8) is 0 Å². The third-order valence-corrected chi connectivity index (χ3v) is 7.37. The van der Waals surface area contributed by atoms with Crippen molar-refractivity contribution in [2.24, 2.45) is 11.8 Å². The first-order valence-corrected chi connectivity index (χ1v) is 12.0. The number of hydrogen-bond donors (Lipinski definition) is 1. The van der Waals surface area contributed by atoms with E-state index in [1.807, 2.05) is 0 Å². The minimum absolute atomic E-state index is 0.00290. The van der Waals surface area contributed by atoms with Crippen LogP contribution in [0, 0.1) is 23.5 Å². The first-order chi connectivity index (χ1) is 16.2. The van der Waals surface area contributed by atoms with Crippen LogP contribution in [0.15, 0.2) is 36.4 Å². The van der Waals surface area contributed by atoms with Gasteiger partial charge in [0.15, 0.2) is 12.4 Å². The Morgan fingerprint density at radius 1 is 0.941 bits per heavy atom. The van der Waals surface area contributed by atoms with Crippen molar-refractivity contribution in [1.29, 1.82) is 0 Å². The molecule has 2 aliphatic carbocycles. The van der Waals surface area contributed by atoms with E-state index in [-0.39, 0.29) is 57.9 Å². The van der Waals surface area contributed by atoms with Gasteiger partial charge in [-0.05, 0) is 68.2 Å². The van der Waals surface area contributed by atoms with Crippen LogP contribution < -0.4 is 14.8 Å². The van der Waals surface area contributed by atoms with E-state index >= 15 is 0 Å². The lowest BCUT2D eigenvalue weighted by Gasteiger charge is -2.38. The summed E-state index contributed by atoms with van der Waals surface area (Å²) in [6.07, 6.45) is 4.61. The second kappa shape index (κ2) is 10.5. The summed E-state index contributed by atoms with van der Waals surface area (Å²) in [6.45, 7) is -0.327. The van der Waals surface area contributed by atoms with E-state index in [9.17, 15) is 18.4 Å². The van der Waals surface area contributed by atoms with Gasteiger partial charge < -0.3 is 14.8 Å². The molecule has 0 aromatic heterocycles. The molecule has 2 aromatic carbocycles. The Labute approximate surface area is 206 Å². The number of hydrogen-bond acceptors (Lipinski definition) is 4. The van der Waals surface area contributed by atoms with Crippen molar-refractivity contribution >= 4 is 34.9 Å². The zero-order chi connectivity index (χ0) is 24.3.